The average molecular weight is 272 g/mol. The van der Waals surface area contributed by atoms with E-state index in [1.54, 1.807) is 7.05 Å². The van der Waals surface area contributed by atoms with E-state index in [-0.39, 0.29) is 11.4 Å². The summed E-state index contributed by atoms with van der Waals surface area (Å²) in [6.45, 7) is 1.06. The maximum Gasteiger partial charge on any atom is 0.247 e. The van der Waals surface area contributed by atoms with Gasteiger partial charge in [-0.15, -0.1) is 0 Å². The van der Waals surface area contributed by atoms with Crippen molar-refractivity contribution in [3.63, 3.8) is 0 Å². The SMILES string of the molecule is CC1C(=O)NC(=O)CN1S(=O)(=O)c1cnn(C)c1. The maximum atomic E-state index is 12.2. The molecule has 8 nitrogen and oxygen atoms in total. The number of hydrogen-bond acceptors (Lipinski definition) is 5. The Morgan fingerprint density at radius 2 is 2.11 bits per heavy atom. The van der Waals surface area contributed by atoms with Gasteiger partial charge in [-0.25, -0.2) is 8.42 Å². The van der Waals surface area contributed by atoms with Gasteiger partial charge in [0.2, 0.25) is 21.8 Å². The van der Waals surface area contributed by atoms with E-state index in [0.29, 0.717) is 0 Å². The Balaban J connectivity index is 2.40. The standard InChI is InChI=1S/C9H12N4O4S/c1-6-9(15)11-8(14)5-13(6)18(16,17)7-3-10-12(2)4-7/h3-4,6H,5H2,1-2H3,(H,11,14,15). The number of hydrogen-bond donors (Lipinski definition) is 1. The molecular weight excluding hydrogens is 260 g/mol. The van der Waals surface area contributed by atoms with Crippen LogP contribution in [0.5, 0.6) is 0 Å². The Hall–Kier alpha value is -1.74. The molecule has 9 heteroatoms. The van der Waals surface area contributed by atoms with Crippen molar-refractivity contribution in [1.29, 1.82) is 0 Å². The zero-order chi connectivity index (χ0) is 13.5. The summed E-state index contributed by atoms with van der Waals surface area (Å²) >= 11 is 0. The van der Waals surface area contributed by atoms with Crippen LogP contribution in [0.15, 0.2) is 17.3 Å². The van der Waals surface area contributed by atoms with Gasteiger partial charge in [0.1, 0.15) is 10.9 Å². The number of piperazine rings is 1. The molecule has 1 unspecified atom stereocenters. The lowest BCUT2D eigenvalue weighted by Gasteiger charge is -2.30. The van der Waals surface area contributed by atoms with Gasteiger partial charge in [0.15, 0.2) is 0 Å². The molecule has 1 atom stereocenters. The molecule has 1 aliphatic rings. The van der Waals surface area contributed by atoms with Crippen LogP contribution in [0.2, 0.25) is 0 Å². The first-order chi connectivity index (χ1) is 8.32. The van der Waals surface area contributed by atoms with Crippen LogP contribution in [0, 0.1) is 0 Å². The molecule has 0 radical (unpaired) electrons. The molecule has 1 fully saturated rings. The van der Waals surface area contributed by atoms with E-state index in [4.69, 9.17) is 0 Å². The number of amides is 2. The highest BCUT2D eigenvalue weighted by atomic mass is 32.2. The molecule has 18 heavy (non-hydrogen) atoms. The third-order valence-corrected chi connectivity index (χ3v) is 4.53. The third kappa shape index (κ3) is 2.02. The quantitative estimate of drug-likeness (QED) is 0.657. The summed E-state index contributed by atoms with van der Waals surface area (Å²) in [5, 5.41) is 5.85. The lowest BCUT2D eigenvalue weighted by atomic mass is 10.2. The normalized spacial score (nSPS) is 22.0. The Morgan fingerprint density at radius 1 is 1.44 bits per heavy atom. The minimum atomic E-state index is -3.89. The molecule has 0 saturated carbocycles. The second-order valence-electron chi connectivity index (χ2n) is 3.99. The highest BCUT2D eigenvalue weighted by Gasteiger charge is 2.39. The number of nitrogens with one attached hydrogen (secondary N) is 1. The summed E-state index contributed by atoms with van der Waals surface area (Å²) in [7, 11) is -2.31. The predicted molar refractivity (Wildman–Crippen MR) is 59.7 cm³/mol. The largest absolute Gasteiger partial charge is 0.294 e. The fraction of sp³-hybridized carbons (Fsp3) is 0.444. The Labute approximate surface area is 104 Å². The number of imide groups is 1. The van der Waals surface area contributed by atoms with Crippen LogP contribution in [-0.4, -0.2) is 46.9 Å². The molecule has 98 valence electrons. The van der Waals surface area contributed by atoms with Gasteiger partial charge in [-0.2, -0.15) is 9.40 Å². The number of aromatic nitrogens is 2. The highest BCUT2D eigenvalue weighted by Crippen LogP contribution is 2.19. The predicted octanol–water partition coefficient (Wildman–Crippen LogP) is -1.54. The first kappa shape index (κ1) is 12.7. The van der Waals surface area contributed by atoms with Gasteiger partial charge in [-0.3, -0.25) is 19.6 Å². The van der Waals surface area contributed by atoms with Gasteiger partial charge >= 0.3 is 0 Å². The summed E-state index contributed by atoms with van der Waals surface area (Å²) in [6, 6.07) is -0.923. The van der Waals surface area contributed by atoms with Crippen molar-refractivity contribution >= 4 is 21.8 Å². The molecule has 2 rings (SSSR count). The maximum absolute atomic E-state index is 12.2. The summed E-state index contributed by atoms with van der Waals surface area (Å²) in [6.07, 6.45) is 2.50. The van der Waals surface area contributed by atoms with Crippen LogP contribution in [0.1, 0.15) is 6.92 Å². The van der Waals surface area contributed by atoms with Crippen molar-refractivity contribution in [2.45, 2.75) is 17.9 Å². The van der Waals surface area contributed by atoms with Crippen molar-refractivity contribution in [2.24, 2.45) is 7.05 Å². The number of carbonyl (C=O) groups excluding carboxylic acids is 2. The van der Waals surface area contributed by atoms with E-state index >= 15 is 0 Å². The molecule has 0 aromatic carbocycles. The Morgan fingerprint density at radius 3 is 2.67 bits per heavy atom. The van der Waals surface area contributed by atoms with Crippen molar-refractivity contribution in [3.05, 3.63) is 12.4 Å². The second kappa shape index (κ2) is 4.18. The minimum absolute atomic E-state index is 0.0423. The van der Waals surface area contributed by atoms with Gasteiger partial charge in [-0.1, -0.05) is 0 Å². The monoisotopic (exact) mass is 272 g/mol. The van der Waals surface area contributed by atoms with Crippen LogP contribution < -0.4 is 5.32 Å². The van der Waals surface area contributed by atoms with Gasteiger partial charge < -0.3 is 0 Å². The lowest BCUT2D eigenvalue weighted by Crippen LogP contribution is -2.58. The molecule has 1 aliphatic heterocycles. The molecule has 1 saturated heterocycles. The molecule has 1 aromatic heterocycles. The molecule has 2 amide bonds. The number of rotatable bonds is 2. The van der Waals surface area contributed by atoms with Gasteiger partial charge in [0.05, 0.1) is 12.7 Å². The van der Waals surface area contributed by atoms with Gasteiger partial charge in [-0.05, 0) is 6.92 Å². The molecule has 1 aromatic rings. The zero-order valence-electron chi connectivity index (χ0n) is 9.82. The summed E-state index contributed by atoms with van der Waals surface area (Å²) < 4.78 is 26.7. The van der Waals surface area contributed by atoms with E-state index in [9.17, 15) is 18.0 Å². The number of aryl methyl sites for hydroxylation is 1. The summed E-state index contributed by atoms with van der Waals surface area (Å²) in [5.74, 6) is -1.26. The number of carbonyl (C=O) groups is 2. The fourth-order valence-electron chi connectivity index (χ4n) is 1.65. The summed E-state index contributed by atoms with van der Waals surface area (Å²) in [4.78, 5) is 22.7. The first-order valence-corrected chi connectivity index (χ1v) is 6.60. The molecule has 0 aliphatic carbocycles. The van der Waals surface area contributed by atoms with Crippen molar-refractivity contribution in [1.82, 2.24) is 19.4 Å². The molecule has 1 N–H and O–H groups in total. The van der Waals surface area contributed by atoms with Crippen molar-refractivity contribution < 1.29 is 18.0 Å². The van der Waals surface area contributed by atoms with Crippen molar-refractivity contribution in [2.75, 3.05) is 6.54 Å². The van der Waals surface area contributed by atoms with Gasteiger partial charge in [0, 0.05) is 13.2 Å². The molecule has 2 heterocycles. The number of sulfonamides is 1. The van der Waals surface area contributed by atoms with Gasteiger partial charge in [0.25, 0.3) is 0 Å². The van der Waals surface area contributed by atoms with E-state index in [2.05, 4.69) is 10.4 Å². The van der Waals surface area contributed by atoms with E-state index in [1.807, 2.05) is 0 Å². The van der Waals surface area contributed by atoms with Crippen LogP contribution in [-0.2, 0) is 26.7 Å². The number of nitrogens with zero attached hydrogens (tertiary/aromatic N) is 3. The first-order valence-electron chi connectivity index (χ1n) is 5.16. The third-order valence-electron chi connectivity index (χ3n) is 2.66. The van der Waals surface area contributed by atoms with Crippen LogP contribution in [0.25, 0.3) is 0 Å². The van der Waals surface area contributed by atoms with Crippen LogP contribution >= 0.6 is 0 Å². The zero-order valence-corrected chi connectivity index (χ0v) is 10.6. The van der Waals surface area contributed by atoms with E-state index in [1.165, 1.54) is 24.0 Å². The topological polar surface area (TPSA) is 101 Å². The Kier molecular flexibility index (Phi) is 2.95. The lowest BCUT2D eigenvalue weighted by molar-refractivity contribution is -0.136. The molecule has 0 bridgehead atoms. The molecule has 0 spiro atoms. The molecular formula is C9H12N4O4S. The van der Waals surface area contributed by atoms with E-state index < -0.39 is 27.9 Å². The van der Waals surface area contributed by atoms with E-state index in [0.717, 1.165) is 4.31 Å². The van der Waals surface area contributed by atoms with Crippen LogP contribution in [0.3, 0.4) is 0 Å². The average Bonchev–Trinajstić information content (AvgIpc) is 2.70. The van der Waals surface area contributed by atoms with Crippen molar-refractivity contribution in [3.8, 4) is 0 Å². The summed E-state index contributed by atoms with van der Waals surface area (Å²) in [5.41, 5.74) is 0. The smallest absolute Gasteiger partial charge is 0.247 e. The fourth-order valence-corrected chi connectivity index (χ4v) is 3.19. The Bertz CT molecular complexity index is 606. The van der Waals surface area contributed by atoms with Crippen LogP contribution in [0.4, 0.5) is 0 Å². The second-order valence-corrected chi connectivity index (χ2v) is 5.88. The minimum Gasteiger partial charge on any atom is -0.294 e. The highest BCUT2D eigenvalue weighted by molar-refractivity contribution is 7.89.